The maximum atomic E-state index is 5.03. The van der Waals surface area contributed by atoms with Gasteiger partial charge in [-0.1, -0.05) is 6.92 Å². The first-order valence-electron chi connectivity index (χ1n) is 3.36. The van der Waals surface area contributed by atoms with Crippen LogP contribution in [0.25, 0.3) is 0 Å². The minimum Gasteiger partial charge on any atom is -0.383 e. The van der Waals surface area contributed by atoms with Crippen molar-refractivity contribution >= 4 is 0 Å². The number of rotatable bonds is 4. The third-order valence-corrected chi connectivity index (χ3v) is 1.85. The van der Waals surface area contributed by atoms with Crippen LogP contribution < -0.4 is 5.32 Å². The van der Waals surface area contributed by atoms with Crippen LogP contribution in [0.4, 0.5) is 0 Å². The average molecular weight is 131 g/mol. The van der Waals surface area contributed by atoms with Gasteiger partial charge in [-0.2, -0.15) is 0 Å². The smallest absolute Gasteiger partial charge is 0.0641 e. The Hall–Kier alpha value is -0.0800. The molecule has 9 heavy (non-hydrogen) atoms. The second-order valence-electron chi connectivity index (χ2n) is 2.60. The topological polar surface area (TPSA) is 21.3 Å². The van der Waals surface area contributed by atoms with Crippen molar-refractivity contribution < 1.29 is 4.74 Å². The van der Waals surface area contributed by atoms with Crippen molar-refractivity contribution in [3.63, 3.8) is 0 Å². The van der Waals surface area contributed by atoms with E-state index in [2.05, 4.69) is 19.2 Å². The second kappa shape index (κ2) is 3.85. The highest BCUT2D eigenvalue weighted by molar-refractivity contribution is 4.78. The third-order valence-electron chi connectivity index (χ3n) is 1.85. The van der Waals surface area contributed by atoms with E-state index in [9.17, 15) is 0 Å². The molecule has 0 saturated carbocycles. The summed E-state index contributed by atoms with van der Waals surface area (Å²) in [5.74, 6) is 0. The normalized spacial score (nSPS) is 17.3. The molecule has 0 heterocycles. The molecule has 0 spiro atoms. The minimum absolute atomic E-state index is 0.161. The summed E-state index contributed by atoms with van der Waals surface area (Å²) in [4.78, 5) is 0. The van der Waals surface area contributed by atoms with Crippen molar-refractivity contribution in [2.75, 3.05) is 20.8 Å². The zero-order chi connectivity index (χ0) is 7.33. The molecule has 1 N–H and O–H groups in total. The van der Waals surface area contributed by atoms with Crippen LogP contribution in [-0.4, -0.2) is 26.3 Å². The Morgan fingerprint density at radius 1 is 1.56 bits per heavy atom. The van der Waals surface area contributed by atoms with Crippen LogP contribution >= 0.6 is 0 Å². The zero-order valence-corrected chi connectivity index (χ0v) is 6.82. The fraction of sp³-hybridized carbons (Fsp3) is 1.00. The van der Waals surface area contributed by atoms with E-state index < -0.39 is 0 Å². The number of likely N-dealkylation sites (N-methyl/N-ethyl adjacent to an activating group) is 1. The lowest BCUT2D eigenvalue weighted by Crippen LogP contribution is -2.43. The maximum Gasteiger partial charge on any atom is 0.0641 e. The van der Waals surface area contributed by atoms with E-state index in [0.717, 1.165) is 13.0 Å². The molecule has 2 heteroatoms. The minimum atomic E-state index is 0.161. The first-order valence-corrected chi connectivity index (χ1v) is 3.36. The summed E-state index contributed by atoms with van der Waals surface area (Å²) in [5, 5.41) is 3.20. The summed E-state index contributed by atoms with van der Waals surface area (Å²) < 4.78 is 5.03. The molecule has 1 atom stereocenters. The molecule has 0 aromatic heterocycles. The molecular formula is C7H17NO. The Kier molecular flexibility index (Phi) is 3.82. The van der Waals surface area contributed by atoms with Crippen molar-refractivity contribution in [2.45, 2.75) is 25.8 Å². The lowest BCUT2D eigenvalue weighted by Gasteiger charge is -2.26. The molecular weight excluding hydrogens is 114 g/mol. The molecule has 0 bridgehead atoms. The lowest BCUT2D eigenvalue weighted by atomic mass is 10.0. The molecule has 0 aliphatic rings. The fourth-order valence-electron chi connectivity index (χ4n) is 0.670. The van der Waals surface area contributed by atoms with Crippen molar-refractivity contribution in [3.05, 3.63) is 0 Å². The van der Waals surface area contributed by atoms with Gasteiger partial charge in [0.25, 0.3) is 0 Å². The van der Waals surface area contributed by atoms with Gasteiger partial charge in [0, 0.05) is 12.6 Å². The number of hydrogen-bond donors (Lipinski definition) is 1. The van der Waals surface area contributed by atoms with Crippen molar-refractivity contribution in [1.82, 2.24) is 5.32 Å². The fourth-order valence-corrected chi connectivity index (χ4v) is 0.670. The highest BCUT2D eigenvalue weighted by Gasteiger charge is 2.17. The summed E-state index contributed by atoms with van der Waals surface area (Å²) in [6.45, 7) is 5.08. The average Bonchev–Trinajstić information content (AvgIpc) is 1.89. The Bertz CT molecular complexity index is 69.3. The summed E-state index contributed by atoms with van der Waals surface area (Å²) in [6, 6.07) is 0. The predicted octanol–water partition coefficient (Wildman–Crippen LogP) is 1.02. The number of ether oxygens (including phenoxy) is 1. The molecule has 1 unspecified atom stereocenters. The van der Waals surface area contributed by atoms with Gasteiger partial charge in [0.2, 0.25) is 0 Å². The van der Waals surface area contributed by atoms with Crippen LogP contribution in [0, 0.1) is 0 Å². The Balaban J connectivity index is 3.62. The van der Waals surface area contributed by atoms with E-state index in [-0.39, 0.29) is 5.54 Å². The number of nitrogens with one attached hydrogen (secondary N) is 1. The van der Waals surface area contributed by atoms with Crippen LogP contribution in [0.15, 0.2) is 0 Å². The Morgan fingerprint density at radius 2 is 2.11 bits per heavy atom. The van der Waals surface area contributed by atoms with Gasteiger partial charge >= 0.3 is 0 Å². The summed E-state index contributed by atoms with van der Waals surface area (Å²) in [5.41, 5.74) is 0.161. The molecule has 56 valence electrons. The van der Waals surface area contributed by atoms with Crippen LogP contribution in [0.5, 0.6) is 0 Å². The highest BCUT2D eigenvalue weighted by Crippen LogP contribution is 2.06. The standard InChI is InChI=1S/C7H17NO/c1-5-7(2,8-3)6-9-4/h8H,5-6H2,1-4H3. The van der Waals surface area contributed by atoms with E-state index >= 15 is 0 Å². The third kappa shape index (κ3) is 2.82. The molecule has 0 aromatic carbocycles. The molecule has 0 rings (SSSR count). The maximum absolute atomic E-state index is 5.03. The summed E-state index contributed by atoms with van der Waals surface area (Å²) in [6.07, 6.45) is 1.09. The quantitative estimate of drug-likeness (QED) is 0.615. The van der Waals surface area contributed by atoms with Gasteiger partial charge < -0.3 is 10.1 Å². The van der Waals surface area contributed by atoms with E-state index in [0.29, 0.717) is 0 Å². The zero-order valence-electron chi connectivity index (χ0n) is 6.82. The van der Waals surface area contributed by atoms with Crippen LogP contribution in [0.1, 0.15) is 20.3 Å². The SMILES string of the molecule is CCC(C)(COC)NC. The summed E-state index contributed by atoms with van der Waals surface area (Å²) in [7, 11) is 3.69. The van der Waals surface area contributed by atoms with Gasteiger partial charge in [-0.3, -0.25) is 0 Å². The van der Waals surface area contributed by atoms with E-state index in [1.165, 1.54) is 0 Å². The predicted molar refractivity (Wildman–Crippen MR) is 39.6 cm³/mol. The van der Waals surface area contributed by atoms with Gasteiger partial charge in [-0.15, -0.1) is 0 Å². The first-order chi connectivity index (χ1) is 4.18. The molecule has 0 aliphatic carbocycles. The number of methoxy groups -OCH3 is 1. The first kappa shape index (κ1) is 8.92. The van der Waals surface area contributed by atoms with Crippen molar-refractivity contribution in [1.29, 1.82) is 0 Å². The van der Waals surface area contributed by atoms with Gasteiger partial charge in [0.1, 0.15) is 0 Å². The largest absolute Gasteiger partial charge is 0.383 e. The molecule has 0 aliphatic heterocycles. The van der Waals surface area contributed by atoms with E-state index in [4.69, 9.17) is 4.74 Å². The van der Waals surface area contributed by atoms with Gasteiger partial charge in [0.05, 0.1) is 6.61 Å². The van der Waals surface area contributed by atoms with Crippen LogP contribution in [0.3, 0.4) is 0 Å². The van der Waals surface area contributed by atoms with E-state index in [1.54, 1.807) is 7.11 Å². The van der Waals surface area contributed by atoms with E-state index in [1.807, 2.05) is 7.05 Å². The van der Waals surface area contributed by atoms with Gasteiger partial charge in [0.15, 0.2) is 0 Å². The van der Waals surface area contributed by atoms with Gasteiger partial charge in [-0.05, 0) is 20.4 Å². The second-order valence-corrected chi connectivity index (χ2v) is 2.60. The molecule has 0 aromatic rings. The lowest BCUT2D eigenvalue weighted by molar-refractivity contribution is 0.121. The van der Waals surface area contributed by atoms with Crippen molar-refractivity contribution in [3.8, 4) is 0 Å². The number of hydrogen-bond acceptors (Lipinski definition) is 2. The van der Waals surface area contributed by atoms with Crippen molar-refractivity contribution in [2.24, 2.45) is 0 Å². The molecule has 0 radical (unpaired) electrons. The summed E-state index contributed by atoms with van der Waals surface area (Å²) >= 11 is 0. The molecule has 2 nitrogen and oxygen atoms in total. The molecule has 0 amide bonds. The Morgan fingerprint density at radius 3 is 2.22 bits per heavy atom. The molecule has 0 saturated heterocycles. The monoisotopic (exact) mass is 131 g/mol. The molecule has 0 fully saturated rings. The van der Waals surface area contributed by atoms with Crippen LogP contribution in [-0.2, 0) is 4.74 Å². The van der Waals surface area contributed by atoms with Crippen LogP contribution in [0.2, 0.25) is 0 Å². The Labute approximate surface area is 57.6 Å². The highest BCUT2D eigenvalue weighted by atomic mass is 16.5. The van der Waals surface area contributed by atoms with Gasteiger partial charge in [-0.25, -0.2) is 0 Å².